The first-order valence-electron chi connectivity index (χ1n) is 8.91. The van der Waals surface area contributed by atoms with Gasteiger partial charge in [0.2, 0.25) is 0 Å². The number of ether oxygens (including phenoxy) is 1. The number of fused-ring (bicyclic) bond motifs is 2. The third kappa shape index (κ3) is 3.27. The van der Waals surface area contributed by atoms with Gasteiger partial charge in [-0.2, -0.15) is 0 Å². The normalized spacial score (nSPS) is 24.4. The van der Waals surface area contributed by atoms with Crippen molar-refractivity contribution in [1.82, 2.24) is 15.6 Å². The van der Waals surface area contributed by atoms with Crippen LogP contribution in [0.4, 0.5) is 0 Å². The lowest BCUT2D eigenvalue weighted by Gasteiger charge is -2.14. The number of nitrogens with one attached hydrogen (secondary N) is 2. The molecule has 0 radical (unpaired) electrons. The zero-order chi connectivity index (χ0) is 16.6. The van der Waals surface area contributed by atoms with E-state index < -0.39 is 0 Å². The number of piperidine rings is 1. The van der Waals surface area contributed by atoms with Crippen molar-refractivity contribution in [3.63, 3.8) is 0 Å². The van der Waals surface area contributed by atoms with Gasteiger partial charge in [0.15, 0.2) is 0 Å². The highest BCUT2D eigenvalue weighted by molar-refractivity contribution is 7.20. The van der Waals surface area contributed by atoms with E-state index in [0.717, 1.165) is 40.9 Å². The summed E-state index contributed by atoms with van der Waals surface area (Å²) in [5.74, 6) is 2.72. The summed E-state index contributed by atoms with van der Waals surface area (Å²) in [6, 6.07) is 17.0. The quantitative estimate of drug-likeness (QED) is 0.709. The van der Waals surface area contributed by atoms with Crippen molar-refractivity contribution >= 4 is 21.6 Å². The van der Waals surface area contributed by atoms with Gasteiger partial charge in [0.05, 0.1) is 10.2 Å². The third-order valence-corrected chi connectivity index (χ3v) is 6.12. The van der Waals surface area contributed by atoms with Crippen LogP contribution in [0, 0.1) is 11.8 Å². The molecule has 2 fully saturated rings. The van der Waals surface area contributed by atoms with E-state index in [0.29, 0.717) is 11.2 Å². The first-order valence-corrected chi connectivity index (χ1v) is 9.73. The smallest absolute Gasteiger partial charge is 0.279 e. The summed E-state index contributed by atoms with van der Waals surface area (Å²) < 4.78 is 7.13. The van der Waals surface area contributed by atoms with Crippen molar-refractivity contribution in [2.45, 2.75) is 19.0 Å². The molecule has 3 aromatic rings. The Morgan fingerprint density at radius 2 is 2.16 bits per heavy atom. The van der Waals surface area contributed by atoms with Crippen LogP contribution in [0.2, 0.25) is 0 Å². The van der Waals surface area contributed by atoms with Gasteiger partial charge < -0.3 is 15.4 Å². The van der Waals surface area contributed by atoms with Crippen LogP contribution in [0.15, 0.2) is 48.5 Å². The number of thiazole rings is 1. The van der Waals surface area contributed by atoms with Crippen LogP contribution >= 0.6 is 11.3 Å². The number of rotatable bonds is 6. The monoisotopic (exact) mass is 351 g/mol. The van der Waals surface area contributed by atoms with Crippen LogP contribution < -0.4 is 15.4 Å². The van der Waals surface area contributed by atoms with Crippen LogP contribution in [-0.2, 0) is 6.54 Å². The predicted octanol–water partition coefficient (Wildman–Crippen LogP) is 3.79. The van der Waals surface area contributed by atoms with Crippen LogP contribution in [0.5, 0.6) is 10.9 Å². The molecule has 4 nitrogen and oxygen atoms in total. The molecular formula is C20H21N3OS. The molecule has 1 aromatic heterocycles. The summed E-state index contributed by atoms with van der Waals surface area (Å²) in [6.07, 6.45) is 1.42. The van der Waals surface area contributed by atoms with Gasteiger partial charge in [-0.05, 0) is 54.6 Å². The van der Waals surface area contributed by atoms with Gasteiger partial charge in [-0.3, -0.25) is 0 Å². The maximum atomic E-state index is 5.97. The van der Waals surface area contributed by atoms with Crippen molar-refractivity contribution < 1.29 is 4.74 Å². The van der Waals surface area contributed by atoms with Crippen LogP contribution in [0.1, 0.15) is 12.0 Å². The largest absolute Gasteiger partial charge is 0.431 e. The van der Waals surface area contributed by atoms with E-state index in [1.54, 1.807) is 11.3 Å². The molecule has 1 aliphatic carbocycles. The van der Waals surface area contributed by atoms with Gasteiger partial charge in [-0.25, -0.2) is 4.98 Å². The fourth-order valence-corrected chi connectivity index (χ4v) is 4.60. The summed E-state index contributed by atoms with van der Waals surface area (Å²) in [4.78, 5) is 4.54. The fraction of sp³-hybridized carbons (Fsp3) is 0.350. The summed E-state index contributed by atoms with van der Waals surface area (Å²) in [6.45, 7) is 3.12. The zero-order valence-corrected chi connectivity index (χ0v) is 14.8. The minimum atomic E-state index is 0.659. The Morgan fingerprint density at radius 3 is 3.00 bits per heavy atom. The Morgan fingerprint density at radius 1 is 1.20 bits per heavy atom. The molecule has 2 aliphatic rings. The summed E-state index contributed by atoms with van der Waals surface area (Å²) >= 11 is 1.58. The number of para-hydroxylation sites is 1. The molecule has 128 valence electrons. The number of nitrogens with zero attached hydrogens (tertiary/aromatic N) is 1. The van der Waals surface area contributed by atoms with E-state index in [2.05, 4.69) is 33.8 Å². The lowest BCUT2D eigenvalue weighted by Crippen LogP contribution is -2.36. The van der Waals surface area contributed by atoms with Gasteiger partial charge in [0.1, 0.15) is 5.75 Å². The molecule has 0 bridgehead atoms. The molecular weight excluding hydrogens is 330 g/mol. The molecule has 0 amide bonds. The lowest BCUT2D eigenvalue weighted by molar-refractivity contribution is 0.475. The molecule has 3 unspecified atom stereocenters. The Kier molecular flexibility index (Phi) is 3.93. The number of benzene rings is 2. The summed E-state index contributed by atoms with van der Waals surface area (Å²) in [5.41, 5.74) is 2.23. The van der Waals surface area contributed by atoms with Crippen LogP contribution in [0.3, 0.4) is 0 Å². The van der Waals surface area contributed by atoms with Crippen LogP contribution in [0.25, 0.3) is 10.2 Å². The Labute approximate surface area is 151 Å². The SMILES string of the molecule is c1cc(CNCC2NCC3CC32)cc(Oc2nc3ccccc3s2)c1. The second kappa shape index (κ2) is 6.41. The topological polar surface area (TPSA) is 46.2 Å². The molecule has 25 heavy (non-hydrogen) atoms. The van der Waals surface area contributed by atoms with Crippen molar-refractivity contribution in [2.75, 3.05) is 13.1 Å². The first kappa shape index (κ1) is 15.3. The van der Waals surface area contributed by atoms with Gasteiger partial charge >= 0.3 is 0 Å². The number of hydrogen-bond donors (Lipinski definition) is 2. The Hall–Kier alpha value is -1.95. The average molecular weight is 351 g/mol. The predicted molar refractivity (Wildman–Crippen MR) is 101 cm³/mol. The van der Waals surface area contributed by atoms with E-state index >= 15 is 0 Å². The number of aromatic nitrogens is 1. The summed E-state index contributed by atoms with van der Waals surface area (Å²) in [7, 11) is 0. The molecule has 5 heteroatoms. The zero-order valence-electron chi connectivity index (χ0n) is 13.9. The van der Waals surface area contributed by atoms with E-state index in [1.807, 2.05) is 30.3 Å². The minimum Gasteiger partial charge on any atom is -0.431 e. The van der Waals surface area contributed by atoms with E-state index in [1.165, 1.54) is 18.5 Å². The molecule has 0 spiro atoms. The maximum Gasteiger partial charge on any atom is 0.279 e. The van der Waals surface area contributed by atoms with Crippen molar-refractivity contribution in [3.8, 4) is 10.9 Å². The molecule has 5 rings (SSSR count). The molecule has 1 saturated heterocycles. The van der Waals surface area contributed by atoms with Crippen LogP contribution in [-0.4, -0.2) is 24.1 Å². The molecule has 2 aromatic carbocycles. The van der Waals surface area contributed by atoms with Gasteiger partial charge in [-0.15, -0.1) is 0 Å². The molecule has 1 saturated carbocycles. The van der Waals surface area contributed by atoms with Crippen molar-refractivity contribution in [1.29, 1.82) is 0 Å². The highest BCUT2D eigenvalue weighted by atomic mass is 32.1. The second-order valence-corrected chi connectivity index (χ2v) is 8.00. The molecule has 2 N–H and O–H groups in total. The molecule has 3 atom stereocenters. The fourth-order valence-electron chi connectivity index (χ4n) is 3.76. The lowest BCUT2D eigenvalue weighted by atomic mass is 10.2. The van der Waals surface area contributed by atoms with E-state index in [4.69, 9.17) is 4.74 Å². The maximum absolute atomic E-state index is 5.97. The Balaban J connectivity index is 1.21. The third-order valence-electron chi connectivity index (χ3n) is 5.21. The molecule has 1 aliphatic heterocycles. The van der Waals surface area contributed by atoms with Crippen molar-refractivity contribution in [2.24, 2.45) is 11.8 Å². The van der Waals surface area contributed by atoms with Gasteiger partial charge in [0.25, 0.3) is 5.19 Å². The summed E-state index contributed by atoms with van der Waals surface area (Å²) in [5, 5.41) is 7.88. The van der Waals surface area contributed by atoms with E-state index in [9.17, 15) is 0 Å². The van der Waals surface area contributed by atoms with Crippen molar-refractivity contribution in [3.05, 3.63) is 54.1 Å². The standard InChI is InChI=1S/C20H21N3OS/c1-2-7-19-17(6-1)23-20(25-19)24-15-5-3-4-13(8-15)10-21-12-18-16-9-14(16)11-22-18/h1-8,14,16,18,21-22H,9-12H2. The second-order valence-electron chi connectivity index (χ2n) is 7.00. The van der Waals surface area contributed by atoms with Gasteiger partial charge in [0, 0.05) is 19.1 Å². The highest BCUT2D eigenvalue weighted by Crippen LogP contribution is 2.44. The Bertz CT molecular complexity index is 860. The number of hydrogen-bond acceptors (Lipinski definition) is 5. The van der Waals surface area contributed by atoms with Gasteiger partial charge in [-0.1, -0.05) is 35.6 Å². The molecule has 2 heterocycles. The van der Waals surface area contributed by atoms with E-state index in [-0.39, 0.29) is 0 Å². The highest BCUT2D eigenvalue weighted by Gasteiger charge is 2.47. The minimum absolute atomic E-state index is 0.659. The first-order chi connectivity index (χ1) is 12.3. The average Bonchev–Trinajstić information content (AvgIpc) is 3.12.